The summed E-state index contributed by atoms with van der Waals surface area (Å²) in [5.41, 5.74) is 5.90. The molecule has 2 unspecified atom stereocenters. The van der Waals surface area contributed by atoms with E-state index in [9.17, 15) is 9.90 Å². The Kier molecular flexibility index (Phi) is 5.02. The van der Waals surface area contributed by atoms with E-state index < -0.39 is 0 Å². The standard InChI is InChI=1S/C13H22N4O3S/c1-4-16(3)13-15-11(14)10(21-13)12(19)17-5-9(6-18)20-7-8(17)2/h8-9,18H,4-7,14H2,1-3H3. The predicted molar refractivity (Wildman–Crippen MR) is 82.8 cm³/mol. The van der Waals surface area contributed by atoms with Crippen LogP contribution in [0, 0.1) is 0 Å². The number of nitrogens with two attached hydrogens (primary N) is 1. The van der Waals surface area contributed by atoms with Gasteiger partial charge >= 0.3 is 0 Å². The first-order valence-electron chi connectivity index (χ1n) is 6.98. The van der Waals surface area contributed by atoms with Gasteiger partial charge in [-0.15, -0.1) is 0 Å². The third-order valence-electron chi connectivity index (χ3n) is 3.61. The summed E-state index contributed by atoms with van der Waals surface area (Å²) in [5, 5.41) is 9.94. The number of thiazole rings is 1. The van der Waals surface area contributed by atoms with Crippen LogP contribution in [0.4, 0.5) is 10.9 Å². The normalized spacial score (nSPS) is 22.4. The first-order chi connectivity index (χ1) is 9.97. The van der Waals surface area contributed by atoms with Crippen molar-refractivity contribution in [3.8, 4) is 0 Å². The number of hydrogen-bond donors (Lipinski definition) is 2. The van der Waals surface area contributed by atoms with Crippen LogP contribution < -0.4 is 10.6 Å². The van der Waals surface area contributed by atoms with Crippen molar-refractivity contribution in [2.45, 2.75) is 26.0 Å². The van der Waals surface area contributed by atoms with Crippen molar-refractivity contribution in [3.05, 3.63) is 4.88 Å². The Morgan fingerprint density at radius 1 is 1.67 bits per heavy atom. The third-order valence-corrected chi connectivity index (χ3v) is 4.78. The van der Waals surface area contributed by atoms with E-state index in [-0.39, 0.29) is 30.5 Å². The van der Waals surface area contributed by atoms with Gasteiger partial charge in [-0.2, -0.15) is 0 Å². The lowest BCUT2D eigenvalue weighted by Gasteiger charge is -2.37. The minimum absolute atomic E-state index is 0.0471. The second-order valence-corrected chi connectivity index (χ2v) is 6.15. The van der Waals surface area contributed by atoms with Crippen LogP contribution >= 0.6 is 11.3 Å². The molecule has 2 atom stereocenters. The number of nitrogens with zero attached hydrogens (tertiary/aromatic N) is 3. The van der Waals surface area contributed by atoms with Gasteiger partial charge in [-0.05, 0) is 13.8 Å². The molecule has 0 saturated carbocycles. The second-order valence-electron chi connectivity index (χ2n) is 5.17. The number of ether oxygens (including phenoxy) is 1. The van der Waals surface area contributed by atoms with E-state index in [1.165, 1.54) is 11.3 Å². The number of carbonyl (C=O) groups is 1. The number of anilines is 2. The van der Waals surface area contributed by atoms with Crippen molar-refractivity contribution >= 4 is 28.2 Å². The van der Waals surface area contributed by atoms with E-state index in [0.29, 0.717) is 18.0 Å². The molecule has 2 heterocycles. The molecule has 21 heavy (non-hydrogen) atoms. The Bertz CT molecular complexity index is 508. The molecule has 3 N–H and O–H groups in total. The smallest absolute Gasteiger partial charge is 0.268 e. The number of hydrogen-bond acceptors (Lipinski definition) is 7. The van der Waals surface area contributed by atoms with Gasteiger partial charge in [-0.25, -0.2) is 4.98 Å². The average molecular weight is 314 g/mol. The minimum Gasteiger partial charge on any atom is -0.394 e. The van der Waals surface area contributed by atoms with Crippen LogP contribution in [0.1, 0.15) is 23.5 Å². The highest BCUT2D eigenvalue weighted by atomic mass is 32.1. The maximum atomic E-state index is 12.7. The quantitative estimate of drug-likeness (QED) is 0.836. The number of carbonyl (C=O) groups excluding carboxylic acids is 1. The first-order valence-corrected chi connectivity index (χ1v) is 7.80. The van der Waals surface area contributed by atoms with E-state index in [1.54, 1.807) is 4.90 Å². The van der Waals surface area contributed by atoms with Crippen molar-refractivity contribution in [2.24, 2.45) is 0 Å². The van der Waals surface area contributed by atoms with Crippen LogP contribution in [0.5, 0.6) is 0 Å². The van der Waals surface area contributed by atoms with E-state index in [4.69, 9.17) is 10.5 Å². The number of aromatic nitrogens is 1. The number of nitrogen functional groups attached to an aromatic ring is 1. The lowest BCUT2D eigenvalue weighted by Crippen LogP contribution is -2.51. The number of aliphatic hydroxyl groups is 1. The van der Waals surface area contributed by atoms with Gasteiger partial charge < -0.3 is 25.4 Å². The summed E-state index contributed by atoms with van der Waals surface area (Å²) in [5.74, 6) is 0.120. The maximum absolute atomic E-state index is 12.7. The Morgan fingerprint density at radius 3 is 3.00 bits per heavy atom. The summed E-state index contributed by atoms with van der Waals surface area (Å²) in [6, 6.07) is -0.0471. The Balaban J connectivity index is 2.20. The molecule has 7 nitrogen and oxygen atoms in total. The summed E-state index contributed by atoms with van der Waals surface area (Å²) >= 11 is 1.30. The summed E-state index contributed by atoms with van der Waals surface area (Å²) < 4.78 is 5.45. The molecule has 0 aromatic carbocycles. The van der Waals surface area contributed by atoms with E-state index in [1.807, 2.05) is 25.8 Å². The molecule has 118 valence electrons. The highest BCUT2D eigenvalue weighted by molar-refractivity contribution is 7.18. The van der Waals surface area contributed by atoms with Crippen molar-refractivity contribution < 1.29 is 14.6 Å². The van der Waals surface area contributed by atoms with Crippen LogP contribution in [0.25, 0.3) is 0 Å². The fraction of sp³-hybridized carbons (Fsp3) is 0.692. The Morgan fingerprint density at radius 2 is 2.38 bits per heavy atom. The maximum Gasteiger partial charge on any atom is 0.268 e. The molecule has 1 aromatic heterocycles. The van der Waals surface area contributed by atoms with E-state index in [0.717, 1.165) is 11.7 Å². The van der Waals surface area contributed by atoms with Crippen LogP contribution in [0.15, 0.2) is 0 Å². The number of rotatable bonds is 4. The van der Waals surface area contributed by atoms with Gasteiger partial charge in [0.15, 0.2) is 5.13 Å². The highest BCUT2D eigenvalue weighted by Gasteiger charge is 2.32. The van der Waals surface area contributed by atoms with Crippen LogP contribution in [0.3, 0.4) is 0 Å². The zero-order valence-corrected chi connectivity index (χ0v) is 13.4. The molecule has 1 aromatic rings. The van der Waals surface area contributed by atoms with Gasteiger partial charge in [0.2, 0.25) is 0 Å². The predicted octanol–water partition coefficient (Wildman–Crippen LogP) is 0.403. The molecule has 1 aliphatic rings. The van der Waals surface area contributed by atoms with Crippen molar-refractivity contribution in [1.82, 2.24) is 9.88 Å². The van der Waals surface area contributed by atoms with Crippen molar-refractivity contribution in [3.63, 3.8) is 0 Å². The lowest BCUT2D eigenvalue weighted by molar-refractivity contribution is -0.0666. The van der Waals surface area contributed by atoms with Gasteiger partial charge in [0, 0.05) is 20.1 Å². The molecule has 2 rings (SSSR count). The molecule has 1 saturated heterocycles. The minimum atomic E-state index is -0.336. The summed E-state index contributed by atoms with van der Waals surface area (Å²) in [6.07, 6.45) is -0.336. The van der Waals surface area contributed by atoms with Crippen molar-refractivity contribution in [1.29, 1.82) is 0 Å². The van der Waals surface area contributed by atoms with Crippen LogP contribution in [0.2, 0.25) is 0 Å². The van der Waals surface area contributed by atoms with Gasteiger partial charge in [0.05, 0.1) is 25.4 Å². The molecule has 0 bridgehead atoms. The summed E-state index contributed by atoms with van der Waals surface area (Å²) in [7, 11) is 1.91. The Hall–Kier alpha value is -1.38. The first kappa shape index (κ1) is 16.0. The SMILES string of the molecule is CCN(C)c1nc(N)c(C(=O)N2CC(CO)OCC2C)s1. The molecule has 1 aliphatic heterocycles. The molecular formula is C13H22N4O3S. The average Bonchev–Trinajstić information content (AvgIpc) is 2.88. The molecule has 8 heteroatoms. The van der Waals surface area contributed by atoms with Gasteiger partial charge in [0.25, 0.3) is 5.91 Å². The number of amides is 1. The topological polar surface area (TPSA) is 91.9 Å². The van der Waals surface area contributed by atoms with Gasteiger partial charge in [0.1, 0.15) is 10.7 Å². The van der Waals surface area contributed by atoms with Crippen LogP contribution in [-0.4, -0.2) is 66.4 Å². The number of aliphatic hydroxyl groups excluding tert-OH is 1. The molecule has 0 spiro atoms. The van der Waals surface area contributed by atoms with Crippen LogP contribution in [-0.2, 0) is 4.74 Å². The lowest BCUT2D eigenvalue weighted by atomic mass is 10.2. The zero-order chi connectivity index (χ0) is 15.6. The summed E-state index contributed by atoms with van der Waals surface area (Å²) in [6.45, 7) is 5.40. The van der Waals surface area contributed by atoms with Crippen molar-refractivity contribution in [2.75, 3.05) is 44.0 Å². The fourth-order valence-corrected chi connectivity index (χ4v) is 3.08. The largest absolute Gasteiger partial charge is 0.394 e. The highest BCUT2D eigenvalue weighted by Crippen LogP contribution is 2.29. The fourth-order valence-electron chi connectivity index (χ4n) is 2.11. The monoisotopic (exact) mass is 314 g/mol. The molecule has 0 aliphatic carbocycles. The molecule has 1 fully saturated rings. The van der Waals surface area contributed by atoms with Gasteiger partial charge in [-0.3, -0.25) is 4.79 Å². The third kappa shape index (κ3) is 3.28. The Labute approximate surface area is 128 Å². The molecular weight excluding hydrogens is 292 g/mol. The number of morpholine rings is 1. The molecule has 0 radical (unpaired) electrons. The zero-order valence-electron chi connectivity index (χ0n) is 12.6. The second kappa shape index (κ2) is 6.59. The summed E-state index contributed by atoms with van der Waals surface area (Å²) in [4.78, 5) is 21.0. The van der Waals surface area contributed by atoms with E-state index >= 15 is 0 Å². The molecule has 1 amide bonds. The van der Waals surface area contributed by atoms with E-state index in [2.05, 4.69) is 4.98 Å². The van der Waals surface area contributed by atoms with Gasteiger partial charge in [-0.1, -0.05) is 11.3 Å².